The van der Waals surface area contributed by atoms with Crippen molar-refractivity contribution >= 4 is 38.8 Å². The lowest BCUT2D eigenvalue weighted by Gasteiger charge is -2.10. The summed E-state index contributed by atoms with van der Waals surface area (Å²) in [4.78, 5) is 23.2. The maximum absolute atomic E-state index is 13.4. The highest BCUT2D eigenvalue weighted by Crippen LogP contribution is 2.32. The fourth-order valence-corrected chi connectivity index (χ4v) is 2.96. The standard InChI is InChI=1S/C13H14BrFO3S/c1-3-4-7(2)13(18)19-11-5-8(12(16)17)10(15)6-9(11)14/h5-7H,3-4H2,1-2H3,(H,16,17). The van der Waals surface area contributed by atoms with Gasteiger partial charge < -0.3 is 5.11 Å². The van der Waals surface area contributed by atoms with Gasteiger partial charge >= 0.3 is 5.97 Å². The van der Waals surface area contributed by atoms with Crippen LogP contribution in [0.15, 0.2) is 21.5 Å². The summed E-state index contributed by atoms with van der Waals surface area (Å²) in [5.41, 5.74) is -0.429. The van der Waals surface area contributed by atoms with E-state index in [9.17, 15) is 14.0 Å². The molecular weight excluding hydrogens is 335 g/mol. The third-order valence-corrected chi connectivity index (χ3v) is 4.67. The number of carboxylic acids is 1. The van der Waals surface area contributed by atoms with Crippen molar-refractivity contribution in [1.82, 2.24) is 0 Å². The summed E-state index contributed by atoms with van der Waals surface area (Å²) < 4.78 is 13.8. The summed E-state index contributed by atoms with van der Waals surface area (Å²) in [6.45, 7) is 3.82. The number of benzene rings is 1. The van der Waals surface area contributed by atoms with Crippen molar-refractivity contribution in [2.75, 3.05) is 0 Å². The van der Waals surface area contributed by atoms with E-state index in [-0.39, 0.29) is 11.0 Å². The second kappa shape index (κ2) is 7.05. The van der Waals surface area contributed by atoms with E-state index in [0.717, 1.165) is 30.7 Å². The van der Waals surface area contributed by atoms with Crippen LogP contribution < -0.4 is 0 Å². The van der Waals surface area contributed by atoms with E-state index in [1.807, 2.05) is 13.8 Å². The van der Waals surface area contributed by atoms with E-state index in [1.165, 1.54) is 6.07 Å². The van der Waals surface area contributed by atoms with Crippen molar-refractivity contribution in [3.05, 3.63) is 28.0 Å². The Labute approximate surface area is 123 Å². The molecule has 19 heavy (non-hydrogen) atoms. The molecule has 0 amide bonds. The van der Waals surface area contributed by atoms with Crippen LogP contribution in [0.4, 0.5) is 4.39 Å². The van der Waals surface area contributed by atoms with Crippen LogP contribution in [0.3, 0.4) is 0 Å². The predicted molar refractivity (Wildman–Crippen MR) is 76.0 cm³/mol. The van der Waals surface area contributed by atoms with Crippen molar-refractivity contribution < 1.29 is 19.1 Å². The SMILES string of the molecule is CCCC(C)C(=O)Sc1cc(C(=O)O)c(F)cc1Br. The average molecular weight is 349 g/mol. The molecule has 1 N–H and O–H groups in total. The monoisotopic (exact) mass is 348 g/mol. The predicted octanol–water partition coefficient (Wildman–Crippen LogP) is 4.34. The lowest BCUT2D eigenvalue weighted by molar-refractivity contribution is -0.114. The molecule has 0 spiro atoms. The number of carbonyl (C=O) groups is 2. The van der Waals surface area contributed by atoms with Crippen LogP contribution in [0, 0.1) is 11.7 Å². The van der Waals surface area contributed by atoms with Crippen molar-refractivity contribution in [2.24, 2.45) is 5.92 Å². The highest BCUT2D eigenvalue weighted by atomic mass is 79.9. The molecule has 0 aliphatic heterocycles. The largest absolute Gasteiger partial charge is 0.478 e. The summed E-state index contributed by atoms with van der Waals surface area (Å²) >= 11 is 4.08. The molecule has 0 saturated carbocycles. The number of halogens is 2. The highest BCUT2D eigenvalue weighted by Gasteiger charge is 2.19. The maximum Gasteiger partial charge on any atom is 0.338 e. The summed E-state index contributed by atoms with van der Waals surface area (Å²) in [6, 6.07) is 2.26. The average Bonchev–Trinajstić information content (AvgIpc) is 2.32. The second-order valence-corrected chi connectivity index (χ2v) is 6.08. The van der Waals surface area contributed by atoms with Gasteiger partial charge in [-0.05, 0) is 34.5 Å². The van der Waals surface area contributed by atoms with Gasteiger partial charge in [0.15, 0.2) is 5.12 Å². The van der Waals surface area contributed by atoms with Gasteiger partial charge in [0.2, 0.25) is 0 Å². The summed E-state index contributed by atoms with van der Waals surface area (Å²) in [6.07, 6.45) is 1.68. The molecule has 6 heteroatoms. The molecule has 3 nitrogen and oxygen atoms in total. The van der Waals surface area contributed by atoms with Gasteiger partial charge in [-0.25, -0.2) is 9.18 Å². The first-order valence-corrected chi connectivity index (χ1v) is 7.41. The smallest absolute Gasteiger partial charge is 0.338 e. The number of thioether (sulfide) groups is 1. The Morgan fingerprint density at radius 1 is 1.47 bits per heavy atom. The molecule has 0 fully saturated rings. The Balaban J connectivity index is 2.98. The lowest BCUT2D eigenvalue weighted by atomic mass is 10.1. The quantitative estimate of drug-likeness (QED) is 0.804. The molecule has 0 aliphatic rings. The minimum atomic E-state index is -1.35. The van der Waals surface area contributed by atoms with Gasteiger partial charge in [-0.2, -0.15) is 0 Å². The maximum atomic E-state index is 13.4. The zero-order valence-corrected chi connectivity index (χ0v) is 13.0. The number of rotatable bonds is 5. The van der Waals surface area contributed by atoms with E-state index in [1.54, 1.807) is 0 Å². The molecular formula is C13H14BrFO3S. The van der Waals surface area contributed by atoms with Crippen LogP contribution in [0.2, 0.25) is 0 Å². The van der Waals surface area contributed by atoms with Crippen molar-refractivity contribution in [3.63, 3.8) is 0 Å². The second-order valence-electron chi connectivity index (χ2n) is 4.18. The number of carbonyl (C=O) groups excluding carboxylic acids is 1. The third kappa shape index (κ3) is 4.31. The van der Waals surface area contributed by atoms with E-state index in [4.69, 9.17) is 5.11 Å². The number of hydrogen-bond acceptors (Lipinski definition) is 3. The third-order valence-electron chi connectivity index (χ3n) is 2.59. The highest BCUT2D eigenvalue weighted by molar-refractivity contribution is 9.10. The number of carboxylic acid groups (broad SMARTS) is 1. The molecule has 0 saturated heterocycles. The molecule has 1 unspecified atom stereocenters. The Kier molecular flexibility index (Phi) is 6.00. The molecule has 0 bridgehead atoms. The minimum absolute atomic E-state index is 0.0505. The molecule has 1 atom stereocenters. The first-order chi connectivity index (χ1) is 8.86. The number of hydrogen-bond donors (Lipinski definition) is 1. The van der Waals surface area contributed by atoms with E-state index in [0.29, 0.717) is 9.37 Å². The van der Waals surface area contributed by atoms with E-state index < -0.39 is 17.3 Å². The molecule has 0 heterocycles. The lowest BCUT2D eigenvalue weighted by Crippen LogP contribution is -2.07. The topological polar surface area (TPSA) is 54.4 Å². The molecule has 1 aromatic carbocycles. The zero-order chi connectivity index (χ0) is 14.6. The molecule has 0 aliphatic carbocycles. The van der Waals surface area contributed by atoms with E-state index in [2.05, 4.69) is 15.9 Å². The Hall–Kier alpha value is -0.880. The Morgan fingerprint density at radius 2 is 2.11 bits per heavy atom. The van der Waals surface area contributed by atoms with Gasteiger partial charge in [-0.1, -0.05) is 32.0 Å². The van der Waals surface area contributed by atoms with Crippen molar-refractivity contribution in [2.45, 2.75) is 31.6 Å². The minimum Gasteiger partial charge on any atom is -0.478 e. The van der Waals surface area contributed by atoms with Crippen LogP contribution >= 0.6 is 27.7 Å². The molecule has 0 radical (unpaired) electrons. The molecule has 1 rings (SSSR count). The molecule has 104 valence electrons. The molecule has 0 aromatic heterocycles. The van der Waals surface area contributed by atoms with Crippen LogP contribution in [0.1, 0.15) is 37.0 Å². The van der Waals surface area contributed by atoms with Gasteiger partial charge in [-0.15, -0.1) is 0 Å². The van der Waals surface area contributed by atoms with Crippen LogP contribution in [-0.4, -0.2) is 16.2 Å². The normalized spacial score (nSPS) is 12.2. The van der Waals surface area contributed by atoms with Crippen molar-refractivity contribution in [1.29, 1.82) is 0 Å². The van der Waals surface area contributed by atoms with Crippen LogP contribution in [0.5, 0.6) is 0 Å². The van der Waals surface area contributed by atoms with E-state index >= 15 is 0 Å². The Bertz CT molecular complexity index is 505. The fraction of sp³-hybridized carbons (Fsp3) is 0.385. The summed E-state index contributed by atoms with van der Waals surface area (Å²) in [5, 5.41) is 8.81. The van der Waals surface area contributed by atoms with Crippen LogP contribution in [0.25, 0.3) is 0 Å². The first-order valence-electron chi connectivity index (χ1n) is 5.80. The summed E-state index contributed by atoms with van der Waals surface area (Å²) in [7, 11) is 0. The van der Waals surface area contributed by atoms with Gasteiger partial charge in [0, 0.05) is 15.3 Å². The van der Waals surface area contributed by atoms with Gasteiger partial charge in [0.1, 0.15) is 5.82 Å². The van der Waals surface area contributed by atoms with Gasteiger partial charge in [-0.3, -0.25) is 4.79 Å². The summed E-state index contributed by atoms with van der Waals surface area (Å²) in [5.74, 6) is -2.28. The molecule has 1 aromatic rings. The Morgan fingerprint density at radius 3 is 2.63 bits per heavy atom. The fourth-order valence-electron chi connectivity index (χ4n) is 1.53. The number of aromatic carboxylic acids is 1. The van der Waals surface area contributed by atoms with Crippen molar-refractivity contribution in [3.8, 4) is 0 Å². The zero-order valence-electron chi connectivity index (χ0n) is 10.6. The van der Waals surface area contributed by atoms with Crippen LogP contribution in [-0.2, 0) is 4.79 Å². The van der Waals surface area contributed by atoms with Gasteiger partial charge in [0.25, 0.3) is 0 Å². The first kappa shape index (κ1) is 16.2. The van der Waals surface area contributed by atoms with Gasteiger partial charge in [0.05, 0.1) is 5.56 Å².